The molecule has 0 aliphatic rings. The van der Waals surface area contributed by atoms with E-state index in [2.05, 4.69) is 0 Å². The molecule has 0 bridgehead atoms. The summed E-state index contributed by atoms with van der Waals surface area (Å²) in [6.45, 7) is 1.59. The highest BCUT2D eigenvalue weighted by Crippen LogP contribution is 2.21. The molecule has 1 aromatic rings. The Balaban J connectivity index is 3.07. The summed E-state index contributed by atoms with van der Waals surface area (Å²) in [5, 5.41) is 8.74. The molecule has 4 heteroatoms. The molecule has 0 amide bonds. The van der Waals surface area contributed by atoms with Crippen molar-refractivity contribution in [1.82, 2.24) is 0 Å². The Hall–Kier alpha value is -1.71. The van der Waals surface area contributed by atoms with Crippen LogP contribution in [0, 0.1) is 0 Å². The minimum Gasteiger partial charge on any atom is -0.481 e. The lowest BCUT2D eigenvalue weighted by atomic mass is 10.0. The first kappa shape index (κ1) is 9.38. The van der Waals surface area contributed by atoms with E-state index in [1.807, 2.05) is 0 Å². The molecule has 4 nitrogen and oxygen atoms in total. The summed E-state index contributed by atoms with van der Waals surface area (Å²) >= 11 is 0. The molecule has 70 valence electrons. The van der Waals surface area contributed by atoms with Gasteiger partial charge < -0.3 is 16.6 Å². The summed E-state index contributed by atoms with van der Waals surface area (Å²) in [7, 11) is 0. The van der Waals surface area contributed by atoms with Crippen molar-refractivity contribution in [3.8, 4) is 0 Å². The van der Waals surface area contributed by atoms with E-state index in [9.17, 15) is 4.79 Å². The Kier molecular flexibility index (Phi) is 2.41. The lowest BCUT2D eigenvalue weighted by molar-refractivity contribution is -0.138. The number of carbonyl (C=O) groups is 1. The Labute approximate surface area is 76.2 Å². The van der Waals surface area contributed by atoms with Crippen LogP contribution in [-0.4, -0.2) is 11.1 Å². The fraction of sp³-hybridized carbons (Fsp3) is 0.222. The number of nitrogens with two attached hydrogens (primary N) is 2. The van der Waals surface area contributed by atoms with Gasteiger partial charge in [0.05, 0.1) is 5.92 Å². The van der Waals surface area contributed by atoms with Crippen LogP contribution in [0.15, 0.2) is 18.2 Å². The monoisotopic (exact) mass is 180 g/mol. The van der Waals surface area contributed by atoms with Gasteiger partial charge in [0.1, 0.15) is 0 Å². The SMILES string of the molecule is CC(C(=O)O)c1cc(N)cc(N)c1. The average molecular weight is 180 g/mol. The van der Waals surface area contributed by atoms with E-state index >= 15 is 0 Å². The Bertz CT molecular complexity index is 316. The van der Waals surface area contributed by atoms with Crippen molar-refractivity contribution in [3.05, 3.63) is 23.8 Å². The first-order valence-electron chi connectivity index (χ1n) is 3.89. The molecule has 5 N–H and O–H groups in total. The largest absolute Gasteiger partial charge is 0.481 e. The maximum Gasteiger partial charge on any atom is 0.310 e. The summed E-state index contributed by atoms with van der Waals surface area (Å²) in [4.78, 5) is 10.6. The quantitative estimate of drug-likeness (QED) is 0.593. The number of benzene rings is 1. The van der Waals surface area contributed by atoms with Crippen LogP contribution in [0.25, 0.3) is 0 Å². The molecular weight excluding hydrogens is 168 g/mol. The number of rotatable bonds is 2. The zero-order valence-electron chi connectivity index (χ0n) is 7.32. The van der Waals surface area contributed by atoms with E-state index in [1.54, 1.807) is 25.1 Å². The van der Waals surface area contributed by atoms with E-state index in [0.717, 1.165) is 0 Å². The lowest BCUT2D eigenvalue weighted by Gasteiger charge is -2.08. The molecule has 0 heterocycles. The number of aliphatic carboxylic acids is 1. The van der Waals surface area contributed by atoms with E-state index in [-0.39, 0.29) is 0 Å². The van der Waals surface area contributed by atoms with Gasteiger partial charge in [-0.1, -0.05) is 0 Å². The van der Waals surface area contributed by atoms with Crippen LogP contribution in [0.3, 0.4) is 0 Å². The minimum absolute atomic E-state index is 0.489. The molecule has 1 rings (SSSR count). The maximum absolute atomic E-state index is 10.6. The van der Waals surface area contributed by atoms with Crippen molar-refractivity contribution in [2.45, 2.75) is 12.8 Å². The predicted molar refractivity (Wildman–Crippen MR) is 51.3 cm³/mol. The van der Waals surface area contributed by atoms with E-state index < -0.39 is 11.9 Å². The second-order valence-electron chi connectivity index (χ2n) is 2.99. The van der Waals surface area contributed by atoms with Crippen LogP contribution in [-0.2, 0) is 4.79 Å². The lowest BCUT2D eigenvalue weighted by Crippen LogP contribution is -2.08. The van der Waals surface area contributed by atoms with Crippen molar-refractivity contribution >= 4 is 17.3 Å². The Morgan fingerprint density at radius 3 is 2.15 bits per heavy atom. The van der Waals surface area contributed by atoms with Gasteiger partial charge in [0.2, 0.25) is 0 Å². The van der Waals surface area contributed by atoms with E-state index in [1.165, 1.54) is 0 Å². The molecule has 13 heavy (non-hydrogen) atoms. The Morgan fingerprint density at radius 2 is 1.77 bits per heavy atom. The highest BCUT2D eigenvalue weighted by molar-refractivity contribution is 5.76. The molecule has 0 radical (unpaired) electrons. The molecule has 0 fully saturated rings. The topological polar surface area (TPSA) is 89.3 Å². The smallest absolute Gasteiger partial charge is 0.310 e. The fourth-order valence-corrected chi connectivity index (χ4v) is 1.09. The minimum atomic E-state index is -0.884. The van der Waals surface area contributed by atoms with Gasteiger partial charge in [-0.15, -0.1) is 0 Å². The molecule has 1 unspecified atom stereocenters. The molecule has 0 aliphatic heterocycles. The average Bonchev–Trinajstić information content (AvgIpc) is 2.01. The molecule has 0 aliphatic carbocycles. The molecule has 0 spiro atoms. The van der Waals surface area contributed by atoms with Crippen LogP contribution in [0.5, 0.6) is 0 Å². The molecule has 0 aromatic heterocycles. The summed E-state index contributed by atoms with van der Waals surface area (Å²) in [6, 6.07) is 4.84. The van der Waals surface area contributed by atoms with Gasteiger partial charge in [-0.25, -0.2) is 0 Å². The van der Waals surface area contributed by atoms with Crippen molar-refractivity contribution in [2.24, 2.45) is 0 Å². The number of carboxylic acids is 1. The number of anilines is 2. The van der Waals surface area contributed by atoms with E-state index in [0.29, 0.717) is 16.9 Å². The van der Waals surface area contributed by atoms with Crippen molar-refractivity contribution in [3.63, 3.8) is 0 Å². The summed E-state index contributed by atoms with van der Waals surface area (Å²) in [5.41, 5.74) is 12.7. The van der Waals surface area contributed by atoms with Crippen LogP contribution in [0.1, 0.15) is 18.4 Å². The molecule has 1 atom stereocenters. The number of carboxylic acid groups (broad SMARTS) is 1. The third-order valence-electron chi connectivity index (χ3n) is 1.87. The molecule has 0 saturated carbocycles. The summed E-state index contributed by atoms with van der Waals surface area (Å²) < 4.78 is 0. The van der Waals surface area contributed by atoms with Crippen LogP contribution in [0.4, 0.5) is 11.4 Å². The number of hydrogen-bond donors (Lipinski definition) is 3. The summed E-state index contributed by atoms with van der Waals surface area (Å²) in [5.74, 6) is -1.46. The van der Waals surface area contributed by atoms with Gasteiger partial charge in [0.25, 0.3) is 0 Å². The second-order valence-corrected chi connectivity index (χ2v) is 2.99. The van der Waals surface area contributed by atoms with Crippen LogP contribution >= 0.6 is 0 Å². The normalized spacial score (nSPS) is 12.4. The second kappa shape index (κ2) is 3.35. The highest BCUT2D eigenvalue weighted by atomic mass is 16.4. The first-order chi connectivity index (χ1) is 6.00. The van der Waals surface area contributed by atoms with Crippen molar-refractivity contribution in [1.29, 1.82) is 0 Å². The van der Waals surface area contributed by atoms with Gasteiger partial charge >= 0.3 is 5.97 Å². The third-order valence-corrected chi connectivity index (χ3v) is 1.87. The molecule has 0 saturated heterocycles. The molecular formula is C9H12N2O2. The first-order valence-corrected chi connectivity index (χ1v) is 3.89. The maximum atomic E-state index is 10.6. The predicted octanol–water partition coefficient (Wildman–Crippen LogP) is 1.04. The van der Waals surface area contributed by atoms with Crippen molar-refractivity contribution in [2.75, 3.05) is 11.5 Å². The van der Waals surface area contributed by atoms with Gasteiger partial charge in [0, 0.05) is 11.4 Å². The fourth-order valence-electron chi connectivity index (χ4n) is 1.09. The zero-order valence-corrected chi connectivity index (χ0v) is 7.32. The summed E-state index contributed by atoms with van der Waals surface area (Å²) in [6.07, 6.45) is 0. The van der Waals surface area contributed by atoms with Gasteiger partial charge in [-0.3, -0.25) is 4.79 Å². The van der Waals surface area contributed by atoms with Gasteiger partial charge in [-0.2, -0.15) is 0 Å². The van der Waals surface area contributed by atoms with Gasteiger partial charge in [-0.05, 0) is 30.7 Å². The highest BCUT2D eigenvalue weighted by Gasteiger charge is 2.13. The molecule has 1 aromatic carbocycles. The third kappa shape index (κ3) is 2.11. The van der Waals surface area contributed by atoms with Crippen LogP contribution < -0.4 is 11.5 Å². The van der Waals surface area contributed by atoms with Gasteiger partial charge in [0.15, 0.2) is 0 Å². The van der Waals surface area contributed by atoms with Crippen molar-refractivity contribution < 1.29 is 9.90 Å². The Morgan fingerprint density at radius 1 is 1.31 bits per heavy atom. The van der Waals surface area contributed by atoms with Crippen LogP contribution in [0.2, 0.25) is 0 Å². The number of hydrogen-bond acceptors (Lipinski definition) is 3. The van der Waals surface area contributed by atoms with E-state index in [4.69, 9.17) is 16.6 Å². The zero-order chi connectivity index (χ0) is 10.0. The standard InChI is InChI=1S/C9H12N2O2/c1-5(9(12)13)6-2-7(10)4-8(11)3-6/h2-5H,10-11H2,1H3,(H,12,13). The number of nitrogen functional groups attached to an aromatic ring is 2.